The molecule has 17 heavy (non-hydrogen) atoms. The highest BCUT2D eigenvalue weighted by Crippen LogP contribution is 2.22. The van der Waals surface area contributed by atoms with E-state index in [1.165, 1.54) is 25.3 Å². The van der Waals surface area contributed by atoms with Crippen molar-refractivity contribution in [3.8, 4) is 0 Å². The maximum Gasteiger partial charge on any atom is 0.118 e. The molecule has 0 radical (unpaired) electrons. The second kappa shape index (κ2) is 6.47. The summed E-state index contributed by atoms with van der Waals surface area (Å²) in [5, 5.41) is 3.91. The molecule has 1 aliphatic heterocycles. The van der Waals surface area contributed by atoms with Gasteiger partial charge in [0.15, 0.2) is 0 Å². The van der Waals surface area contributed by atoms with Gasteiger partial charge >= 0.3 is 0 Å². The van der Waals surface area contributed by atoms with Crippen molar-refractivity contribution in [2.45, 2.75) is 31.7 Å². The minimum absolute atomic E-state index is 0.801. The highest BCUT2D eigenvalue weighted by atomic mass is 32.2. The van der Waals surface area contributed by atoms with E-state index in [2.05, 4.69) is 41.0 Å². The number of nitrogens with zero attached hydrogens (tertiary/aromatic N) is 1. The molecule has 0 spiro atoms. The standard InChI is InChI=1S/C13H22N2OS/c1-3-13-10-15(6-7-17-13)9-12-5-4-11(16-12)8-14-2/h4-5,13-14H,3,6-10H2,1-2H3. The highest BCUT2D eigenvalue weighted by molar-refractivity contribution is 8.00. The van der Waals surface area contributed by atoms with Crippen LogP contribution in [0.25, 0.3) is 0 Å². The zero-order valence-electron chi connectivity index (χ0n) is 10.7. The molecule has 1 aromatic heterocycles. The lowest BCUT2D eigenvalue weighted by atomic mass is 10.3. The molecule has 3 nitrogen and oxygen atoms in total. The SMILES string of the molecule is CCC1CN(Cc2ccc(CNC)o2)CCS1. The zero-order chi connectivity index (χ0) is 12.1. The molecule has 1 aromatic rings. The van der Waals surface area contributed by atoms with Gasteiger partial charge in [-0.05, 0) is 25.6 Å². The van der Waals surface area contributed by atoms with Gasteiger partial charge in [-0.3, -0.25) is 4.90 Å². The van der Waals surface area contributed by atoms with E-state index in [-0.39, 0.29) is 0 Å². The molecule has 0 aromatic carbocycles. The van der Waals surface area contributed by atoms with Gasteiger partial charge < -0.3 is 9.73 Å². The molecule has 96 valence electrons. The largest absolute Gasteiger partial charge is 0.463 e. The van der Waals surface area contributed by atoms with E-state index in [9.17, 15) is 0 Å². The Morgan fingerprint density at radius 1 is 1.47 bits per heavy atom. The summed E-state index contributed by atoms with van der Waals surface area (Å²) in [6.45, 7) is 6.43. The summed E-state index contributed by atoms with van der Waals surface area (Å²) in [7, 11) is 1.94. The van der Waals surface area contributed by atoms with Crippen molar-refractivity contribution in [1.29, 1.82) is 0 Å². The fourth-order valence-corrected chi connectivity index (χ4v) is 3.42. The third-order valence-electron chi connectivity index (χ3n) is 3.13. The Morgan fingerprint density at radius 3 is 3.06 bits per heavy atom. The van der Waals surface area contributed by atoms with E-state index in [0.29, 0.717) is 0 Å². The number of rotatable bonds is 5. The molecule has 1 fully saturated rings. The topological polar surface area (TPSA) is 28.4 Å². The Balaban J connectivity index is 1.86. The number of furan rings is 1. The van der Waals surface area contributed by atoms with Crippen molar-refractivity contribution in [2.24, 2.45) is 0 Å². The smallest absolute Gasteiger partial charge is 0.118 e. The van der Waals surface area contributed by atoms with Crippen LogP contribution in [0, 0.1) is 0 Å². The van der Waals surface area contributed by atoms with E-state index in [1.54, 1.807) is 0 Å². The normalized spacial score (nSPS) is 21.9. The van der Waals surface area contributed by atoms with Crippen LogP contribution in [0.5, 0.6) is 0 Å². The fraction of sp³-hybridized carbons (Fsp3) is 0.692. The molecule has 1 N–H and O–H groups in total. The average molecular weight is 254 g/mol. The van der Waals surface area contributed by atoms with Gasteiger partial charge in [-0.2, -0.15) is 11.8 Å². The van der Waals surface area contributed by atoms with Crippen LogP contribution in [0.15, 0.2) is 16.5 Å². The van der Waals surface area contributed by atoms with Crippen molar-refractivity contribution in [3.05, 3.63) is 23.7 Å². The Kier molecular flexibility index (Phi) is 4.95. The van der Waals surface area contributed by atoms with Gasteiger partial charge in [0.25, 0.3) is 0 Å². The Labute approximate surface area is 108 Å². The van der Waals surface area contributed by atoms with Gasteiger partial charge in [-0.25, -0.2) is 0 Å². The van der Waals surface area contributed by atoms with Crippen molar-refractivity contribution in [1.82, 2.24) is 10.2 Å². The summed E-state index contributed by atoms with van der Waals surface area (Å²) in [5.74, 6) is 3.38. The molecule has 1 unspecified atom stereocenters. The first-order valence-corrected chi connectivity index (χ1v) is 7.43. The first-order chi connectivity index (χ1) is 8.31. The Bertz CT molecular complexity index is 340. The van der Waals surface area contributed by atoms with Gasteiger partial charge in [-0.15, -0.1) is 0 Å². The van der Waals surface area contributed by atoms with Crippen LogP contribution in [0.4, 0.5) is 0 Å². The van der Waals surface area contributed by atoms with Crippen LogP contribution >= 0.6 is 11.8 Å². The van der Waals surface area contributed by atoms with Crippen molar-refractivity contribution in [3.63, 3.8) is 0 Å². The number of hydrogen-bond donors (Lipinski definition) is 1. The van der Waals surface area contributed by atoms with Crippen molar-refractivity contribution < 1.29 is 4.42 Å². The van der Waals surface area contributed by atoms with E-state index in [0.717, 1.165) is 29.9 Å². The molecule has 0 bridgehead atoms. The second-order valence-electron chi connectivity index (χ2n) is 4.53. The first-order valence-electron chi connectivity index (χ1n) is 6.38. The van der Waals surface area contributed by atoms with Gasteiger partial charge in [0.1, 0.15) is 11.5 Å². The minimum Gasteiger partial charge on any atom is -0.463 e. The number of nitrogens with one attached hydrogen (secondary N) is 1. The number of thioether (sulfide) groups is 1. The monoisotopic (exact) mass is 254 g/mol. The van der Waals surface area contributed by atoms with Crippen LogP contribution in [0.1, 0.15) is 24.9 Å². The van der Waals surface area contributed by atoms with Crippen LogP contribution in [-0.2, 0) is 13.1 Å². The van der Waals surface area contributed by atoms with Crippen LogP contribution in [0.3, 0.4) is 0 Å². The average Bonchev–Trinajstić information content (AvgIpc) is 2.77. The lowest BCUT2D eigenvalue weighted by molar-refractivity contribution is 0.247. The maximum absolute atomic E-state index is 5.78. The summed E-state index contributed by atoms with van der Waals surface area (Å²) in [6.07, 6.45) is 1.27. The molecular weight excluding hydrogens is 232 g/mol. The predicted octanol–water partition coefficient (Wildman–Crippen LogP) is 2.33. The van der Waals surface area contributed by atoms with E-state index in [4.69, 9.17) is 4.42 Å². The third kappa shape index (κ3) is 3.76. The fourth-order valence-electron chi connectivity index (χ4n) is 2.17. The molecule has 1 aliphatic rings. The molecule has 1 saturated heterocycles. The van der Waals surface area contributed by atoms with Crippen molar-refractivity contribution >= 4 is 11.8 Å². The summed E-state index contributed by atoms with van der Waals surface area (Å²) >= 11 is 2.11. The van der Waals surface area contributed by atoms with Gasteiger partial charge in [0, 0.05) is 24.1 Å². The zero-order valence-corrected chi connectivity index (χ0v) is 11.6. The molecule has 2 heterocycles. The number of hydrogen-bond acceptors (Lipinski definition) is 4. The molecule has 0 aliphatic carbocycles. The van der Waals surface area contributed by atoms with E-state index in [1.807, 2.05) is 7.05 Å². The highest BCUT2D eigenvalue weighted by Gasteiger charge is 2.19. The summed E-state index contributed by atoms with van der Waals surface area (Å²) < 4.78 is 5.78. The van der Waals surface area contributed by atoms with Crippen LogP contribution in [-0.4, -0.2) is 36.0 Å². The molecule has 1 atom stereocenters. The molecule has 0 saturated carbocycles. The summed E-state index contributed by atoms with van der Waals surface area (Å²) in [6, 6.07) is 4.18. The van der Waals surface area contributed by atoms with E-state index >= 15 is 0 Å². The maximum atomic E-state index is 5.78. The lowest BCUT2D eigenvalue weighted by Gasteiger charge is -2.31. The summed E-state index contributed by atoms with van der Waals surface area (Å²) in [5.41, 5.74) is 0. The second-order valence-corrected chi connectivity index (χ2v) is 5.94. The third-order valence-corrected chi connectivity index (χ3v) is 4.50. The van der Waals surface area contributed by atoms with Gasteiger partial charge in [0.2, 0.25) is 0 Å². The predicted molar refractivity (Wildman–Crippen MR) is 73.3 cm³/mol. The first kappa shape index (κ1) is 13.0. The van der Waals surface area contributed by atoms with Crippen LogP contribution in [0.2, 0.25) is 0 Å². The van der Waals surface area contributed by atoms with Gasteiger partial charge in [-0.1, -0.05) is 6.92 Å². The molecular formula is C13H22N2OS. The lowest BCUT2D eigenvalue weighted by Crippen LogP contribution is -2.36. The molecule has 4 heteroatoms. The van der Waals surface area contributed by atoms with Crippen molar-refractivity contribution in [2.75, 3.05) is 25.9 Å². The Hall–Kier alpha value is -0.450. The Morgan fingerprint density at radius 2 is 2.29 bits per heavy atom. The quantitative estimate of drug-likeness (QED) is 0.873. The minimum atomic E-state index is 0.801. The summed E-state index contributed by atoms with van der Waals surface area (Å²) in [4.78, 5) is 2.51. The van der Waals surface area contributed by atoms with E-state index < -0.39 is 0 Å². The van der Waals surface area contributed by atoms with Gasteiger partial charge in [0.05, 0.1) is 13.1 Å². The van der Waals surface area contributed by atoms with Crippen LogP contribution < -0.4 is 5.32 Å². The molecule has 2 rings (SSSR count). The molecule has 0 amide bonds.